The van der Waals surface area contributed by atoms with Crippen LogP contribution in [0.3, 0.4) is 0 Å². The van der Waals surface area contributed by atoms with Crippen LogP contribution in [-0.4, -0.2) is 19.0 Å². The predicted molar refractivity (Wildman–Crippen MR) is 60.5 cm³/mol. The summed E-state index contributed by atoms with van der Waals surface area (Å²) in [4.78, 5) is 2.00. The van der Waals surface area contributed by atoms with Gasteiger partial charge in [-0.2, -0.15) is 0 Å². The summed E-state index contributed by atoms with van der Waals surface area (Å²) in [5.41, 5.74) is 1.01. The molecule has 1 fully saturated rings. The van der Waals surface area contributed by atoms with Crippen LogP contribution in [0.1, 0.15) is 12.8 Å². The van der Waals surface area contributed by atoms with Crippen LogP contribution < -0.4 is 4.90 Å². The number of alkyl halides is 2. The van der Waals surface area contributed by atoms with Gasteiger partial charge in [0.25, 0.3) is 5.92 Å². The van der Waals surface area contributed by atoms with Gasteiger partial charge in [0.15, 0.2) is 0 Å². The molecule has 1 aliphatic rings. The molecule has 0 amide bonds. The van der Waals surface area contributed by atoms with Gasteiger partial charge in [0.05, 0.1) is 0 Å². The zero-order valence-corrected chi connectivity index (χ0v) is 9.80. The van der Waals surface area contributed by atoms with E-state index in [0.29, 0.717) is 13.1 Å². The van der Waals surface area contributed by atoms with E-state index < -0.39 is 5.92 Å². The monoisotopic (exact) mass is 275 g/mol. The van der Waals surface area contributed by atoms with E-state index in [2.05, 4.69) is 15.9 Å². The number of nitrogens with zero attached hydrogens (tertiary/aromatic N) is 1. The molecule has 1 saturated heterocycles. The van der Waals surface area contributed by atoms with Crippen LogP contribution in [0.2, 0.25) is 0 Å². The summed E-state index contributed by atoms with van der Waals surface area (Å²) in [5.74, 6) is -2.47. The van der Waals surface area contributed by atoms with Crippen molar-refractivity contribution < 1.29 is 8.78 Å². The molecular formula is C11H12BrF2N. The third-order valence-corrected chi connectivity index (χ3v) is 3.16. The van der Waals surface area contributed by atoms with E-state index >= 15 is 0 Å². The molecule has 4 heteroatoms. The average molecular weight is 276 g/mol. The van der Waals surface area contributed by atoms with Crippen molar-refractivity contribution in [2.45, 2.75) is 18.8 Å². The minimum atomic E-state index is -2.47. The van der Waals surface area contributed by atoms with Gasteiger partial charge in [-0.3, -0.25) is 0 Å². The largest absolute Gasteiger partial charge is 0.371 e. The summed E-state index contributed by atoms with van der Waals surface area (Å²) in [6.07, 6.45) is -0.0843. The average Bonchev–Trinajstić information content (AvgIpc) is 2.17. The van der Waals surface area contributed by atoms with Crippen LogP contribution in [0.15, 0.2) is 28.7 Å². The molecule has 0 aromatic heterocycles. The minimum Gasteiger partial charge on any atom is -0.371 e. The van der Waals surface area contributed by atoms with E-state index in [1.807, 2.05) is 29.2 Å². The van der Waals surface area contributed by atoms with Gasteiger partial charge < -0.3 is 4.90 Å². The summed E-state index contributed by atoms with van der Waals surface area (Å²) in [6, 6.07) is 7.77. The summed E-state index contributed by atoms with van der Waals surface area (Å²) in [6.45, 7) is 0.868. The smallest absolute Gasteiger partial charge is 0.251 e. The van der Waals surface area contributed by atoms with Crippen molar-refractivity contribution in [2.24, 2.45) is 0 Å². The van der Waals surface area contributed by atoms with Crippen LogP contribution in [0.4, 0.5) is 14.5 Å². The van der Waals surface area contributed by atoms with Crippen molar-refractivity contribution in [2.75, 3.05) is 18.0 Å². The fraction of sp³-hybridized carbons (Fsp3) is 0.455. The lowest BCUT2D eigenvalue weighted by atomic mass is 10.1. The van der Waals surface area contributed by atoms with Crippen molar-refractivity contribution >= 4 is 21.6 Å². The Balaban J connectivity index is 2.08. The van der Waals surface area contributed by atoms with Crippen molar-refractivity contribution in [1.82, 2.24) is 0 Å². The summed E-state index contributed by atoms with van der Waals surface area (Å²) < 4.78 is 26.9. The Labute approximate surface area is 96.2 Å². The molecule has 1 heterocycles. The lowest BCUT2D eigenvalue weighted by molar-refractivity contribution is -0.0220. The maximum Gasteiger partial charge on any atom is 0.251 e. The fourth-order valence-electron chi connectivity index (χ4n) is 1.76. The summed E-state index contributed by atoms with van der Waals surface area (Å²) >= 11 is 3.38. The van der Waals surface area contributed by atoms with Crippen molar-refractivity contribution in [3.63, 3.8) is 0 Å². The number of benzene rings is 1. The van der Waals surface area contributed by atoms with Crippen LogP contribution in [0.25, 0.3) is 0 Å². The molecule has 1 aliphatic heterocycles. The van der Waals surface area contributed by atoms with Crippen LogP contribution >= 0.6 is 15.9 Å². The quantitative estimate of drug-likeness (QED) is 0.756. The second kappa shape index (κ2) is 4.08. The standard InChI is InChI=1S/C11H12BrF2N/c12-9-2-1-3-10(8-9)15-6-4-11(13,14)5-7-15/h1-3,8H,4-7H2. The molecule has 82 valence electrons. The molecule has 0 spiro atoms. The highest BCUT2D eigenvalue weighted by molar-refractivity contribution is 9.10. The molecule has 0 bridgehead atoms. The van der Waals surface area contributed by atoms with Crippen molar-refractivity contribution in [1.29, 1.82) is 0 Å². The number of halogens is 3. The zero-order chi connectivity index (χ0) is 10.9. The lowest BCUT2D eigenvalue weighted by Gasteiger charge is -2.33. The van der Waals surface area contributed by atoms with E-state index in [4.69, 9.17) is 0 Å². The third-order valence-electron chi connectivity index (χ3n) is 2.67. The van der Waals surface area contributed by atoms with Crippen molar-refractivity contribution in [3.05, 3.63) is 28.7 Å². The van der Waals surface area contributed by atoms with Gasteiger partial charge in [-0.05, 0) is 18.2 Å². The molecular weight excluding hydrogens is 264 g/mol. The van der Waals surface area contributed by atoms with E-state index in [1.54, 1.807) is 0 Å². The molecule has 1 nitrogen and oxygen atoms in total. The van der Waals surface area contributed by atoms with Crippen LogP contribution in [0.5, 0.6) is 0 Å². The van der Waals surface area contributed by atoms with Crippen LogP contribution in [0, 0.1) is 0 Å². The Hall–Kier alpha value is -0.640. The SMILES string of the molecule is FC1(F)CCN(c2cccc(Br)c2)CC1. The molecule has 15 heavy (non-hydrogen) atoms. The van der Waals surface area contributed by atoms with Crippen LogP contribution in [-0.2, 0) is 0 Å². The first-order chi connectivity index (χ1) is 7.07. The Kier molecular flexibility index (Phi) is 2.96. The second-order valence-corrected chi connectivity index (χ2v) is 4.74. The fourth-order valence-corrected chi connectivity index (χ4v) is 2.15. The molecule has 1 aromatic carbocycles. The van der Waals surface area contributed by atoms with Gasteiger partial charge in [-0.25, -0.2) is 8.78 Å². The van der Waals surface area contributed by atoms with Gasteiger partial charge in [-0.1, -0.05) is 22.0 Å². The van der Waals surface area contributed by atoms with E-state index in [1.165, 1.54) is 0 Å². The normalized spacial score (nSPS) is 20.3. The lowest BCUT2D eigenvalue weighted by Crippen LogP contribution is -2.39. The number of hydrogen-bond donors (Lipinski definition) is 0. The maximum atomic E-state index is 12.9. The topological polar surface area (TPSA) is 3.24 Å². The number of hydrogen-bond acceptors (Lipinski definition) is 1. The number of piperidine rings is 1. The molecule has 1 aromatic rings. The zero-order valence-electron chi connectivity index (χ0n) is 8.22. The van der Waals surface area contributed by atoms with E-state index in [-0.39, 0.29) is 12.8 Å². The molecule has 2 rings (SSSR count). The first kappa shape index (κ1) is 10.9. The van der Waals surface area contributed by atoms with Gasteiger partial charge in [0, 0.05) is 36.1 Å². The molecule has 0 unspecified atom stereocenters. The highest BCUT2D eigenvalue weighted by Gasteiger charge is 2.33. The van der Waals surface area contributed by atoms with Gasteiger partial charge in [0.2, 0.25) is 0 Å². The Morgan fingerprint density at radius 3 is 2.47 bits per heavy atom. The number of rotatable bonds is 1. The number of anilines is 1. The highest BCUT2D eigenvalue weighted by atomic mass is 79.9. The summed E-state index contributed by atoms with van der Waals surface area (Å²) in [7, 11) is 0. The molecule has 0 saturated carbocycles. The van der Waals surface area contributed by atoms with Gasteiger partial charge >= 0.3 is 0 Å². The molecule has 0 N–H and O–H groups in total. The maximum absolute atomic E-state index is 12.9. The molecule has 0 atom stereocenters. The van der Waals surface area contributed by atoms with E-state index in [9.17, 15) is 8.78 Å². The molecule has 0 radical (unpaired) electrons. The second-order valence-electron chi connectivity index (χ2n) is 3.82. The Bertz CT molecular complexity index is 344. The Morgan fingerprint density at radius 1 is 1.20 bits per heavy atom. The Morgan fingerprint density at radius 2 is 1.87 bits per heavy atom. The minimum absolute atomic E-state index is 0.0421. The van der Waals surface area contributed by atoms with Gasteiger partial charge in [0.1, 0.15) is 0 Å². The van der Waals surface area contributed by atoms with Gasteiger partial charge in [-0.15, -0.1) is 0 Å². The summed E-state index contributed by atoms with van der Waals surface area (Å²) in [5, 5.41) is 0. The predicted octanol–water partition coefficient (Wildman–Crippen LogP) is 3.68. The first-order valence-corrected chi connectivity index (χ1v) is 5.74. The first-order valence-electron chi connectivity index (χ1n) is 4.95. The van der Waals surface area contributed by atoms with Crippen molar-refractivity contribution in [3.8, 4) is 0 Å². The third kappa shape index (κ3) is 2.68. The molecule has 0 aliphatic carbocycles. The highest BCUT2D eigenvalue weighted by Crippen LogP contribution is 2.31. The van der Waals surface area contributed by atoms with E-state index in [0.717, 1.165) is 10.2 Å².